The number of nitrogens with one attached hydrogen (secondary N) is 1. The summed E-state index contributed by atoms with van der Waals surface area (Å²) < 4.78 is 5.30. The zero-order valence-electron chi connectivity index (χ0n) is 14.7. The number of amides is 1. The third kappa shape index (κ3) is 7.98. The van der Waals surface area contributed by atoms with Gasteiger partial charge in [0.2, 0.25) is 0 Å². The summed E-state index contributed by atoms with van der Waals surface area (Å²) in [5, 5.41) is 27.6. The van der Waals surface area contributed by atoms with Gasteiger partial charge in [-0.05, 0) is 49.0 Å². The van der Waals surface area contributed by atoms with Gasteiger partial charge >= 0.3 is 0 Å². The Kier molecular flexibility index (Phi) is 9.54. The Morgan fingerprint density at radius 3 is 2.60 bits per heavy atom. The third-order valence-electron chi connectivity index (χ3n) is 3.76. The summed E-state index contributed by atoms with van der Waals surface area (Å²) in [5.41, 5.74) is 3.11. The molecule has 25 heavy (non-hydrogen) atoms. The maximum absolute atomic E-state index is 11.0. The van der Waals surface area contributed by atoms with Gasteiger partial charge in [-0.15, -0.1) is 0 Å². The maximum Gasteiger partial charge on any atom is 0.267 e. The van der Waals surface area contributed by atoms with Crippen LogP contribution in [-0.2, 0) is 4.79 Å². The molecule has 0 heterocycles. The van der Waals surface area contributed by atoms with Gasteiger partial charge in [0.05, 0.1) is 12.7 Å². The highest BCUT2D eigenvalue weighted by molar-refractivity contribution is 5.87. The van der Waals surface area contributed by atoms with Crippen LogP contribution >= 0.6 is 0 Å². The first-order valence-electron chi connectivity index (χ1n) is 8.28. The average molecular weight is 349 g/mol. The molecule has 2 atom stereocenters. The number of hydrogen-bond donors (Lipinski definition) is 4. The smallest absolute Gasteiger partial charge is 0.267 e. The number of carbonyl (C=O) groups is 1. The molecule has 0 fully saturated rings. The number of allylic oxidation sites excluding steroid dienone is 3. The molecule has 0 aliphatic rings. The van der Waals surface area contributed by atoms with Crippen LogP contribution in [0, 0.1) is 5.92 Å². The van der Waals surface area contributed by atoms with Crippen LogP contribution in [0.15, 0.2) is 48.1 Å². The van der Waals surface area contributed by atoms with Gasteiger partial charge in [0, 0.05) is 6.08 Å². The van der Waals surface area contributed by atoms with E-state index in [0.29, 0.717) is 5.75 Å². The van der Waals surface area contributed by atoms with Crippen molar-refractivity contribution < 1.29 is 25.0 Å². The first-order chi connectivity index (χ1) is 12.0. The van der Waals surface area contributed by atoms with Gasteiger partial charge in [-0.1, -0.05) is 31.2 Å². The quantitative estimate of drug-likeness (QED) is 0.225. The molecule has 0 saturated carbocycles. The van der Waals surface area contributed by atoms with E-state index in [1.54, 1.807) is 24.5 Å². The molecule has 0 aliphatic heterocycles. The second kappa shape index (κ2) is 11.4. The molecule has 1 rings (SSSR count). The van der Waals surface area contributed by atoms with E-state index in [2.05, 4.69) is 0 Å². The monoisotopic (exact) mass is 349 g/mol. The van der Waals surface area contributed by atoms with Crippen LogP contribution in [0.1, 0.15) is 38.4 Å². The molecule has 0 aromatic heterocycles. The molecule has 0 spiro atoms. The zero-order valence-corrected chi connectivity index (χ0v) is 14.7. The van der Waals surface area contributed by atoms with Crippen molar-refractivity contribution in [2.24, 2.45) is 5.92 Å². The lowest BCUT2D eigenvalue weighted by Gasteiger charge is -2.19. The summed E-state index contributed by atoms with van der Waals surface area (Å²) >= 11 is 0. The van der Waals surface area contributed by atoms with Gasteiger partial charge in [0.25, 0.3) is 5.91 Å². The van der Waals surface area contributed by atoms with E-state index in [4.69, 9.17) is 15.1 Å². The molecule has 1 aromatic rings. The molecule has 1 aromatic carbocycles. The van der Waals surface area contributed by atoms with E-state index in [1.165, 1.54) is 6.08 Å². The lowest BCUT2D eigenvalue weighted by molar-refractivity contribution is -0.124. The fourth-order valence-electron chi connectivity index (χ4n) is 2.33. The van der Waals surface area contributed by atoms with Crippen molar-refractivity contribution in [2.45, 2.75) is 32.8 Å². The van der Waals surface area contributed by atoms with Gasteiger partial charge in [0.15, 0.2) is 0 Å². The zero-order chi connectivity index (χ0) is 18.7. The molecular formula is C19H27NO5. The summed E-state index contributed by atoms with van der Waals surface area (Å²) in [4.78, 5) is 11.0. The van der Waals surface area contributed by atoms with Crippen LogP contribution in [0.5, 0.6) is 5.75 Å². The van der Waals surface area contributed by atoms with E-state index in [0.717, 1.165) is 24.0 Å². The largest absolute Gasteiger partial charge is 0.491 e. The predicted molar refractivity (Wildman–Crippen MR) is 95.2 cm³/mol. The molecule has 0 aliphatic carbocycles. The minimum absolute atomic E-state index is 0.0335. The third-order valence-corrected chi connectivity index (χ3v) is 3.76. The van der Waals surface area contributed by atoms with E-state index in [9.17, 15) is 9.90 Å². The van der Waals surface area contributed by atoms with Crippen molar-refractivity contribution in [1.29, 1.82) is 0 Å². The van der Waals surface area contributed by atoms with E-state index in [1.807, 2.05) is 31.2 Å². The Hall–Kier alpha value is -2.15. The van der Waals surface area contributed by atoms with Crippen molar-refractivity contribution in [3.8, 4) is 5.75 Å². The van der Waals surface area contributed by atoms with Crippen LogP contribution in [0.4, 0.5) is 0 Å². The van der Waals surface area contributed by atoms with Crippen LogP contribution < -0.4 is 10.2 Å². The van der Waals surface area contributed by atoms with Crippen LogP contribution in [0.25, 0.3) is 0 Å². The fourth-order valence-corrected chi connectivity index (χ4v) is 2.33. The average Bonchev–Trinajstić information content (AvgIpc) is 2.63. The minimum Gasteiger partial charge on any atom is -0.491 e. The van der Waals surface area contributed by atoms with Crippen molar-refractivity contribution >= 4 is 5.91 Å². The van der Waals surface area contributed by atoms with E-state index in [-0.39, 0.29) is 19.1 Å². The van der Waals surface area contributed by atoms with Crippen LogP contribution in [-0.4, -0.2) is 34.5 Å². The molecule has 4 N–H and O–H groups in total. The van der Waals surface area contributed by atoms with Crippen LogP contribution in [0.2, 0.25) is 0 Å². The lowest BCUT2D eigenvalue weighted by atomic mass is 9.93. The molecule has 0 bridgehead atoms. The predicted octanol–water partition coefficient (Wildman–Crippen LogP) is 2.52. The number of benzene rings is 1. The molecular weight excluding hydrogens is 322 g/mol. The number of ether oxygens (including phenoxy) is 1. The summed E-state index contributed by atoms with van der Waals surface area (Å²) in [7, 11) is 0. The molecule has 1 amide bonds. The van der Waals surface area contributed by atoms with Gasteiger partial charge in [-0.2, -0.15) is 0 Å². The van der Waals surface area contributed by atoms with Gasteiger partial charge in [0.1, 0.15) is 12.4 Å². The van der Waals surface area contributed by atoms with Gasteiger partial charge in [-0.3, -0.25) is 10.0 Å². The summed E-state index contributed by atoms with van der Waals surface area (Å²) in [6, 6.07) is 7.20. The van der Waals surface area contributed by atoms with Crippen LogP contribution in [0.3, 0.4) is 0 Å². The highest BCUT2D eigenvalue weighted by Gasteiger charge is 2.15. The topological polar surface area (TPSA) is 99.0 Å². The maximum atomic E-state index is 11.0. The summed E-state index contributed by atoms with van der Waals surface area (Å²) in [5.74, 6) is 0.172. The molecule has 138 valence electrons. The van der Waals surface area contributed by atoms with E-state index < -0.39 is 12.0 Å². The Labute approximate surface area is 148 Å². The van der Waals surface area contributed by atoms with Crippen molar-refractivity contribution in [2.75, 3.05) is 13.2 Å². The highest BCUT2D eigenvalue weighted by atomic mass is 16.5. The van der Waals surface area contributed by atoms with Crippen molar-refractivity contribution in [1.82, 2.24) is 5.48 Å². The standard InChI is InChI=1S/C19H27NO5/c1-14(13-18(22)20-24)5-3-4-6-15(2)19(23)16-7-9-17(10-8-16)25-12-11-21/h3,5,7-10,13,15,19,21,23-24H,4,6,11-12H2,1-2H3,(H,20,22)/b5-3+,14-13+/t15-,19-/m0/s1. The normalized spacial score (nSPS) is 14.4. The molecule has 6 nitrogen and oxygen atoms in total. The highest BCUT2D eigenvalue weighted by Crippen LogP contribution is 2.27. The number of rotatable bonds is 10. The number of aliphatic hydroxyl groups excluding tert-OH is 2. The molecule has 0 saturated heterocycles. The Bertz CT molecular complexity index is 580. The van der Waals surface area contributed by atoms with Crippen molar-refractivity contribution in [3.05, 3.63) is 53.6 Å². The van der Waals surface area contributed by atoms with E-state index >= 15 is 0 Å². The second-order valence-corrected chi connectivity index (χ2v) is 5.91. The minimum atomic E-state index is -0.572. The lowest BCUT2D eigenvalue weighted by Crippen LogP contribution is -2.15. The first kappa shape index (κ1) is 20.9. The SMILES string of the molecule is CC(/C=C/CC[C@H](C)[C@H](O)c1ccc(OCCO)cc1)=C\C(=O)NO. The Morgan fingerprint density at radius 2 is 2.00 bits per heavy atom. The number of carbonyl (C=O) groups excluding carboxylic acids is 1. The molecule has 6 heteroatoms. The molecule has 0 unspecified atom stereocenters. The fraction of sp³-hybridized carbons (Fsp3) is 0.421. The van der Waals surface area contributed by atoms with Crippen molar-refractivity contribution in [3.63, 3.8) is 0 Å². The Balaban J connectivity index is 2.47. The molecule has 0 radical (unpaired) electrons. The second-order valence-electron chi connectivity index (χ2n) is 5.91. The van der Waals surface area contributed by atoms with Gasteiger partial charge < -0.3 is 14.9 Å². The Morgan fingerprint density at radius 1 is 1.32 bits per heavy atom. The number of hydrogen-bond acceptors (Lipinski definition) is 5. The number of hydroxylamine groups is 1. The number of aliphatic hydroxyl groups is 2. The summed E-state index contributed by atoms with van der Waals surface area (Å²) in [6.45, 7) is 3.97. The summed E-state index contributed by atoms with van der Waals surface area (Å²) in [6.07, 6.45) is 6.03. The first-order valence-corrected chi connectivity index (χ1v) is 8.28. The van der Waals surface area contributed by atoms with Gasteiger partial charge in [-0.25, -0.2) is 5.48 Å².